The second-order valence-electron chi connectivity index (χ2n) is 6.90. The third-order valence-electron chi connectivity index (χ3n) is 4.85. The lowest BCUT2D eigenvalue weighted by Crippen LogP contribution is -2.32. The normalized spacial score (nSPS) is 11.0. The number of carbonyl (C=O) groups is 1. The molecular formula is C22H18Cl2N4O2. The van der Waals surface area contributed by atoms with Gasteiger partial charge in [0.1, 0.15) is 17.6 Å². The molecular weight excluding hydrogens is 423 g/mol. The van der Waals surface area contributed by atoms with Gasteiger partial charge in [0.15, 0.2) is 0 Å². The molecule has 1 N–H and O–H groups in total. The number of hydrogen-bond donors (Lipinski definition) is 1. The molecule has 0 fully saturated rings. The molecule has 4 aromatic rings. The number of aromatic nitrogens is 3. The van der Waals surface area contributed by atoms with Gasteiger partial charge in [-0.1, -0.05) is 53.5 Å². The van der Waals surface area contributed by atoms with Crippen molar-refractivity contribution < 1.29 is 4.79 Å². The first-order chi connectivity index (χ1) is 14.4. The molecule has 0 aliphatic heterocycles. The molecule has 0 atom stereocenters. The summed E-state index contributed by atoms with van der Waals surface area (Å²) < 4.78 is 3.03. The molecule has 8 heteroatoms. The zero-order valence-corrected chi connectivity index (χ0v) is 17.6. The quantitative estimate of drug-likeness (QED) is 0.509. The fourth-order valence-corrected chi connectivity index (χ4v) is 3.64. The Morgan fingerprint density at radius 3 is 2.57 bits per heavy atom. The number of fused-ring (bicyclic) bond motifs is 1. The SMILES string of the molecule is Cn1cc(-c2ccc(Cl)cc2)c2ncn(CC(=O)NCc3ccccc3Cl)c(=O)c21. The highest BCUT2D eigenvalue weighted by Crippen LogP contribution is 2.28. The van der Waals surface area contributed by atoms with E-state index in [1.54, 1.807) is 29.8 Å². The Hall–Kier alpha value is -3.09. The lowest BCUT2D eigenvalue weighted by molar-refractivity contribution is -0.121. The van der Waals surface area contributed by atoms with Crippen molar-refractivity contribution in [2.75, 3.05) is 0 Å². The lowest BCUT2D eigenvalue weighted by Gasteiger charge is -2.09. The van der Waals surface area contributed by atoms with Crippen molar-refractivity contribution in [1.82, 2.24) is 19.4 Å². The van der Waals surface area contributed by atoms with Crippen molar-refractivity contribution in [3.8, 4) is 11.1 Å². The minimum absolute atomic E-state index is 0.131. The van der Waals surface area contributed by atoms with E-state index in [-0.39, 0.29) is 24.6 Å². The zero-order chi connectivity index (χ0) is 21.3. The van der Waals surface area contributed by atoms with Gasteiger partial charge in [0.2, 0.25) is 5.91 Å². The molecule has 0 aliphatic carbocycles. The van der Waals surface area contributed by atoms with Crippen LogP contribution in [-0.4, -0.2) is 20.0 Å². The van der Waals surface area contributed by atoms with Gasteiger partial charge in [-0.25, -0.2) is 4.98 Å². The second kappa shape index (κ2) is 8.34. The van der Waals surface area contributed by atoms with Crippen LogP contribution in [0.5, 0.6) is 0 Å². The van der Waals surface area contributed by atoms with Gasteiger partial charge in [0, 0.05) is 35.4 Å². The van der Waals surface area contributed by atoms with E-state index in [1.807, 2.05) is 36.5 Å². The molecule has 2 heterocycles. The summed E-state index contributed by atoms with van der Waals surface area (Å²) >= 11 is 12.1. The van der Waals surface area contributed by atoms with Crippen LogP contribution in [0.3, 0.4) is 0 Å². The molecule has 4 rings (SSSR count). The number of carbonyl (C=O) groups excluding carboxylic acids is 1. The van der Waals surface area contributed by atoms with E-state index in [0.717, 1.165) is 16.7 Å². The molecule has 0 saturated carbocycles. The third-order valence-corrected chi connectivity index (χ3v) is 5.47. The maximum absolute atomic E-state index is 13.0. The number of aryl methyl sites for hydroxylation is 1. The number of nitrogens with one attached hydrogen (secondary N) is 1. The molecule has 1 amide bonds. The molecule has 0 radical (unpaired) electrons. The largest absolute Gasteiger partial charge is 0.350 e. The van der Waals surface area contributed by atoms with Crippen molar-refractivity contribution in [3.63, 3.8) is 0 Å². The molecule has 30 heavy (non-hydrogen) atoms. The van der Waals surface area contributed by atoms with Crippen LogP contribution in [0.25, 0.3) is 22.2 Å². The Morgan fingerprint density at radius 2 is 1.83 bits per heavy atom. The summed E-state index contributed by atoms with van der Waals surface area (Å²) in [5.41, 5.74) is 3.28. The fraction of sp³-hybridized carbons (Fsp3) is 0.136. The third kappa shape index (κ3) is 3.97. The van der Waals surface area contributed by atoms with Gasteiger partial charge in [0.05, 0.1) is 6.33 Å². The summed E-state index contributed by atoms with van der Waals surface area (Å²) in [6, 6.07) is 14.6. The van der Waals surface area contributed by atoms with Gasteiger partial charge in [0.25, 0.3) is 5.56 Å². The first-order valence-corrected chi connectivity index (χ1v) is 10.00. The molecule has 0 saturated heterocycles. The maximum atomic E-state index is 13.0. The molecule has 152 valence electrons. The van der Waals surface area contributed by atoms with Crippen molar-refractivity contribution in [2.24, 2.45) is 7.05 Å². The fourth-order valence-electron chi connectivity index (χ4n) is 3.31. The van der Waals surface area contributed by atoms with E-state index in [2.05, 4.69) is 10.3 Å². The minimum Gasteiger partial charge on any atom is -0.350 e. The second-order valence-corrected chi connectivity index (χ2v) is 7.75. The Bertz CT molecular complexity index is 1290. The van der Waals surface area contributed by atoms with Crippen LogP contribution in [0.1, 0.15) is 5.56 Å². The smallest absolute Gasteiger partial charge is 0.278 e. The van der Waals surface area contributed by atoms with Gasteiger partial charge in [-0.2, -0.15) is 0 Å². The van der Waals surface area contributed by atoms with E-state index in [1.165, 1.54) is 10.9 Å². The Kier molecular flexibility index (Phi) is 5.61. The van der Waals surface area contributed by atoms with Gasteiger partial charge < -0.3 is 9.88 Å². The monoisotopic (exact) mass is 440 g/mol. The molecule has 2 aromatic heterocycles. The molecule has 0 aliphatic rings. The van der Waals surface area contributed by atoms with Gasteiger partial charge in [-0.15, -0.1) is 0 Å². The standard InChI is InChI=1S/C22H18Cl2N4O2/c1-27-11-17(14-6-8-16(23)9-7-14)20-21(27)22(30)28(13-26-20)12-19(29)25-10-15-4-2-3-5-18(15)24/h2-9,11,13H,10,12H2,1H3,(H,25,29). The molecule has 0 spiro atoms. The predicted octanol–water partition coefficient (Wildman–Crippen LogP) is 4.03. The summed E-state index contributed by atoms with van der Waals surface area (Å²) in [6.07, 6.45) is 3.25. The van der Waals surface area contributed by atoms with Gasteiger partial charge in [-0.05, 0) is 29.3 Å². The Labute approximate surface area is 182 Å². The molecule has 0 bridgehead atoms. The molecule has 2 aromatic carbocycles. The number of halogens is 2. The van der Waals surface area contributed by atoms with E-state index < -0.39 is 0 Å². The van der Waals surface area contributed by atoms with Crippen molar-refractivity contribution >= 4 is 40.1 Å². The number of nitrogens with zero attached hydrogens (tertiary/aromatic N) is 3. The van der Waals surface area contributed by atoms with Crippen LogP contribution in [0, 0.1) is 0 Å². The van der Waals surface area contributed by atoms with Crippen molar-refractivity contribution in [2.45, 2.75) is 13.1 Å². The summed E-state index contributed by atoms with van der Waals surface area (Å²) in [5, 5.41) is 4.00. The van der Waals surface area contributed by atoms with Crippen LogP contribution >= 0.6 is 23.2 Å². The van der Waals surface area contributed by atoms with E-state index in [9.17, 15) is 9.59 Å². The van der Waals surface area contributed by atoms with Crippen LogP contribution in [0.4, 0.5) is 0 Å². The Balaban J connectivity index is 1.58. The number of benzene rings is 2. The maximum Gasteiger partial charge on any atom is 0.278 e. The van der Waals surface area contributed by atoms with Gasteiger partial charge >= 0.3 is 0 Å². The van der Waals surface area contributed by atoms with E-state index in [0.29, 0.717) is 21.1 Å². The highest BCUT2D eigenvalue weighted by atomic mass is 35.5. The highest BCUT2D eigenvalue weighted by molar-refractivity contribution is 6.31. The summed E-state index contributed by atoms with van der Waals surface area (Å²) in [6.45, 7) is 0.154. The van der Waals surface area contributed by atoms with E-state index >= 15 is 0 Å². The lowest BCUT2D eigenvalue weighted by atomic mass is 10.1. The summed E-state index contributed by atoms with van der Waals surface area (Å²) in [4.78, 5) is 29.8. The highest BCUT2D eigenvalue weighted by Gasteiger charge is 2.16. The van der Waals surface area contributed by atoms with Gasteiger partial charge in [-0.3, -0.25) is 14.2 Å². The minimum atomic E-state index is -0.301. The number of rotatable bonds is 5. The van der Waals surface area contributed by atoms with Crippen LogP contribution in [0.15, 0.2) is 65.8 Å². The first-order valence-electron chi connectivity index (χ1n) is 9.24. The Morgan fingerprint density at radius 1 is 1.10 bits per heavy atom. The summed E-state index contributed by atoms with van der Waals surface area (Å²) in [5.74, 6) is -0.301. The predicted molar refractivity (Wildman–Crippen MR) is 119 cm³/mol. The first kappa shape index (κ1) is 20.2. The van der Waals surface area contributed by atoms with Crippen LogP contribution < -0.4 is 10.9 Å². The molecule has 0 unspecified atom stereocenters. The topological polar surface area (TPSA) is 68.9 Å². The molecule has 6 nitrogen and oxygen atoms in total. The summed E-state index contributed by atoms with van der Waals surface area (Å²) in [7, 11) is 1.78. The number of hydrogen-bond acceptors (Lipinski definition) is 3. The average molecular weight is 441 g/mol. The van der Waals surface area contributed by atoms with Crippen molar-refractivity contribution in [3.05, 3.63) is 87.0 Å². The van der Waals surface area contributed by atoms with Crippen molar-refractivity contribution in [1.29, 1.82) is 0 Å². The zero-order valence-electron chi connectivity index (χ0n) is 16.1. The van der Waals surface area contributed by atoms with Crippen LogP contribution in [0.2, 0.25) is 10.0 Å². The van der Waals surface area contributed by atoms with Crippen LogP contribution in [-0.2, 0) is 24.9 Å². The average Bonchev–Trinajstić information content (AvgIpc) is 3.07. The van der Waals surface area contributed by atoms with E-state index in [4.69, 9.17) is 23.2 Å². The number of amides is 1.